The molecule has 0 unspecified atom stereocenters. The molecular weight excluding hydrogens is 440 g/mol. The lowest BCUT2D eigenvalue weighted by molar-refractivity contribution is -0.142. The molecule has 6 nitrogen and oxygen atoms in total. The van der Waals surface area contributed by atoms with Crippen molar-refractivity contribution < 1.29 is 19.1 Å². The summed E-state index contributed by atoms with van der Waals surface area (Å²) in [5.41, 5.74) is 1.76. The summed E-state index contributed by atoms with van der Waals surface area (Å²) in [6.45, 7) is 2.03. The number of nitrogens with one attached hydrogen (secondary N) is 1. The number of carbonyl (C=O) groups excluding carboxylic acids is 2. The van der Waals surface area contributed by atoms with Crippen LogP contribution in [0.3, 0.4) is 0 Å². The van der Waals surface area contributed by atoms with Gasteiger partial charge in [-0.25, -0.2) is 0 Å². The van der Waals surface area contributed by atoms with Crippen molar-refractivity contribution in [3.05, 3.63) is 95.0 Å². The third-order valence-electron chi connectivity index (χ3n) is 5.20. The summed E-state index contributed by atoms with van der Waals surface area (Å²) in [7, 11) is 1.59. The van der Waals surface area contributed by atoms with Gasteiger partial charge in [-0.1, -0.05) is 72.3 Å². The molecule has 33 heavy (non-hydrogen) atoms. The summed E-state index contributed by atoms with van der Waals surface area (Å²) in [5.74, 6) is 0.512. The average molecular weight is 467 g/mol. The third-order valence-corrected chi connectivity index (χ3v) is 5.51. The lowest BCUT2D eigenvalue weighted by Gasteiger charge is -2.29. The van der Waals surface area contributed by atoms with Gasteiger partial charge in [0.15, 0.2) is 6.61 Å². The van der Waals surface area contributed by atoms with Crippen molar-refractivity contribution in [1.82, 2.24) is 10.2 Å². The van der Waals surface area contributed by atoms with Crippen molar-refractivity contribution in [2.75, 3.05) is 13.7 Å². The molecule has 0 aromatic heterocycles. The van der Waals surface area contributed by atoms with Crippen molar-refractivity contribution in [2.45, 2.75) is 26.1 Å². The highest BCUT2D eigenvalue weighted by molar-refractivity contribution is 6.32. The third kappa shape index (κ3) is 6.73. The van der Waals surface area contributed by atoms with E-state index in [9.17, 15) is 9.59 Å². The van der Waals surface area contributed by atoms with Gasteiger partial charge in [0.05, 0.1) is 12.1 Å². The van der Waals surface area contributed by atoms with Gasteiger partial charge in [-0.15, -0.1) is 0 Å². The Labute approximate surface area is 199 Å². The van der Waals surface area contributed by atoms with E-state index in [4.69, 9.17) is 21.1 Å². The van der Waals surface area contributed by atoms with Gasteiger partial charge >= 0.3 is 0 Å². The molecule has 0 aliphatic rings. The zero-order chi connectivity index (χ0) is 23.6. The molecule has 0 radical (unpaired) electrons. The first-order valence-electron chi connectivity index (χ1n) is 10.6. The number of halogens is 1. The summed E-state index contributed by atoms with van der Waals surface area (Å²) in [5, 5.41) is 3.32. The second-order valence-corrected chi connectivity index (χ2v) is 7.84. The molecule has 3 aromatic carbocycles. The van der Waals surface area contributed by atoms with Gasteiger partial charge in [0, 0.05) is 18.7 Å². The number of carbonyl (C=O) groups is 2. The van der Waals surface area contributed by atoms with Crippen molar-refractivity contribution >= 4 is 23.4 Å². The molecule has 1 N–H and O–H groups in total. The van der Waals surface area contributed by atoms with Crippen LogP contribution in [0.4, 0.5) is 0 Å². The minimum Gasteiger partial charge on any atom is -0.496 e. The second-order valence-electron chi connectivity index (χ2n) is 7.43. The van der Waals surface area contributed by atoms with Crippen molar-refractivity contribution in [1.29, 1.82) is 0 Å². The maximum atomic E-state index is 13.1. The number of amides is 2. The van der Waals surface area contributed by atoms with E-state index in [1.807, 2.05) is 54.6 Å². The Kier molecular flexibility index (Phi) is 8.72. The lowest BCUT2D eigenvalue weighted by Crippen LogP contribution is -2.48. The largest absolute Gasteiger partial charge is 0.496 e. The number of rotatable bonds is 10. The number of benzene rings is 3. The van der Waals surface area contributed by atoms with Crippen LogP contribution in [-0.4, -0.2) is 36.5 Å². The highest BCUT2D eigenvalue weighted by Crippen LogP contribution is 2.23. The van der Waals surface area contributed by atoms with Crippen LogP contribution in [0, 0.1) is 0 Å². The Morgan fingerprint density at radius 3 is 2.27 bits per heavy atom. The molecule has 0 saturated heterocycles. The highest BCUT2D eigenvalue weighted by Gasteiger charge is 2.26. The first-order valence-corrected chi connectivity index (χ1v) is 11.0. The van der Waals surface area contributed by atoms with Gasteiger partial charge in [-0.05, 0) is 30.7 Å². The van der Waals surface area contributed by atoms with Gasteiger partial charge in [0.2, 0.25) is 5.91 Å². The SMILES string of the molecule is COc1ccccc1CNC(=O)[C@H](C)N(Cc1ccccc1)C(=O)COc1ccccc1Cl. The second kappa shape index (κ2) is 11.9. The van der Waals surface area contributed by atoms with E-state index in [1.165, 1.54) is 4.90 Å². The maximum absolute atomic E-state index is 13.1. The summed E-state index contributed by atoms with van der Waals surface area (Å²) in [6.07, 6.45) is 0. The van der Waals surface area contributed by atoms with Crippen molar-refractivity contribution in [3.8, 4) is 11.5 Å². The van der Waals surface area contributed by atoms with Crippen LogP contribution >= 0.6 is 11.6 Å². The first kappa shape index (κ1) is 24.1. The van der Waals surface area contributed by atoms with E-state index < -0.39 is 6.04 Å². The lowest BCUT2D eigenvalue weighted by atomic mass is 10.1. The monoisotopic (exact) mass is 466 g/mol. The predicted octanol–water partition coefficient (Wildman–Crippen LogP) is 4.46. The zero-order valence-corrected chi connectivity index (χ0v) is 19.4. The molecule has 0 aliphatic carbocycles. The number of ether oxygens (including phenoxy) is 2. The fourth-order valence-electron chi connectivity index (χ4n) is 3.33. The minimum absolute atomic E-state index is 0.235. The van der Waals surface area contributed by atoms with E-state index in [-0.39, 0.29) is 31.5 Å². The van der Waals surface area contributed by atoms with E-state index in [2.05, 4.69) is 5.32 Å². The normalized spacial score (nSPS) is 11.4. The van der Waals surface area contributed by atoms with E-state index in [0.717, 1.165) is 11.1 Å². The number of methoxy groups -OCH3 is 1. The smallest absolute Gasteiger partial charge is 0.261 e. The van der Waals surface area contributed by atoms with Crippen LogP contribution in [0.1, 0.15) is 18.1 Å². The van der Waals surface area contributed by atoms with Gasteiger partial charge in [-0.3, -0.25) is 9.59 Å². The van der Waals surface area contributed by atoms with Crippen LogP contribution in [0.25, 0.3) is 0 Å². The number of para-hydroxylation sites is 2. The Morgan fingerprint density at radius 2 is 1.58 bits per heavy atom. The van der Waals surface area contributed by atoms with Crippen LogP contribution < -0.4 is 14.8 Å². The summed E-state index contributed by atoms with van der Waals surface area (Å²) in [6, 6.07) is 23.2. The fraction of sp³-hybridized carbons (Fsp3) is 0.231. The van der Waals surface area contributed by atoms with Crippen LogP contribution in [0.2, 0.25) is 5.02 Å². The molecular formula is C26H27ClN2O4. The van der Waals surface area contributed by atoms with Gasteiger partial charge in [0.1, 0.15) is 17.5 Å². The topological polar surface area (TPSA) is 67.9 Å². The van der Waals surface area contributed by atoms with Gasteiger partial charge < -0.3 is 19.7 Å². The molecule has 3 rings (SSSR count). The Balaban J connectivity index is 1.71. The molecule has 172 valence electrons. The number of hydrogen-bond donors (Lipinski definition) is 1. The van der Waals surface area contributed by atoms with Crippen molar-refractivity contribution in [2.24, 2.45) is 0 Å². The quantitative estimate of drug-likeness (QED) is 0.479. The molecule has 2 amide bonds. The van der Waals surface area contributed by atoms with E-state index in [0.29, 0.717) is 16.5 Å². The van der Waals surface area contributed by atoms with Crippen molar-refractivity contribution in [3.63, 3.8) is 0 Å². The molecule has 0 bridgehead atoms. The number of nitrogens with zero attached hydrogens (tertiary/aromatic N) is 1. The first-order chi connectivity index (χ1) is 16.0. The van der Waals surface area contributed by atoms with Crippen LogP contribution in [0.5, 0.6) is 11.5 Å². The molecule has 3 aromatic rings. The Hall–Kier alpha value is -3.51. The molecule has 0 spiro atoms. The summed E-state index contributed by atoms with van der Waals surface area (Å²) < 4.78 is 11.0. The number of hydrogen-bond acceptors (Lipinski definition) is 4. The van der Waals surface area contributed by atoms with Crippen LogP contribution in [-0.2, 0) is 22.7 Å². The summed E-state index contributed by atoms with van der Waals surface area (Å²) in [4.78, 5) is 27.6. The van der Waals surface area contributed by atoms with Gasteiger partial charge in [-0.2, -0.15) is 0 Å². The molecule has 0 aliphatic heterocycles. The summed E-state index contributed by atoms with van der Waals surface area (Å²) >= 11 is 6.13. The minimum atomic E-state index is -0.720. The fourth-order valence-corrected chi connectivity index (χ4v) is 3.52. The Morgan fingerprint density at radius 1 is 0.939 bits per heavy atom. The molecule has 7 heteroatoms. The van der Waals surface area contributed by atoms with Crippen LogP contribution in [0.15, 0.2) is 78.9 Å². The standard InChI is InChI=1S/C26H27ClN2O4/c1-19(26(31)28-16-21-12-6-8-14-23(21)32-2)29(17-20-10-4-3-5-11-20)25(30)18-33-24-15-9-7-13-22(24)27/h3-15,19H,16-18H2,1-2H3,(H,28,31)/t19-/m0/s1. The highest BCUT2D eigenvalue weighted by atomic mass is 35.5. The molecule has 1 atom stereocenters. The van der Waals surface area contributed by atoms with E-state index in [1.54, 1.807) is 38.3 Å². The predicted molar refractivity (Wildman–Crippen MR) is 128 cm³/mol. The zero-order valence-electron chi connectivity index (χ0n) is 18.7. The average Bonchev–Trinajstić information content (AvgIpc) is 2.85. The maximum Gasteiger partial charge on any atom is 0.261 e. The molecule has 0 heterocycles. The van der Waals surface area contributed by atoms with E-state index >= 15 is 0 Å². The Bertz CT molecular complexity index is 1070. The molecule has 0 saturated carbocycles. The van der Waals surface area contributed by atoms with Gasteiger partial charge in [0.25, 0.3) is 5.91 Å². The molecule has 0 fully saturated rings.